The number of nitrogens with one attached hydrogen (secondary N) is 1. The molecule has 0 aliphatic heterocycles. The molecule has 2 unspecified atom stereocenters. The van der Waals surface area contributed by atoms with E-state index in [9.17, 15) is 0 Å². The topological polar surface area (TPSA) is 12.0 Å². The van der Waals surface area contributed by atoms with Crippen LogP contribution in [0, 0.1) is 12.3 Å². The van der Waals surface area contributed by atoms with Gasteiger partial charge in [-0.1, -0.05) is 19.3 Å². The molecule has 1 aromatic heterocycles. The van der Waals surface area contributed by atoms with Gasteiger partial charge in [-0.25, -0.2) is 0 Å². The molecule has 3 rings (SSSR count). The Morgan fingerprint density at radius 1 is 1.26 bits per heavy atom. The molecule has 0 amide bonds. The van der Waals surface area contributed by atoms with Crippen LogP contribution in [0.5, 0.6) is 0 Å². The largest absolute Gasteiger partial charge is 0.311 e. The summed E-state index contributed by atoms with van der Waals surface area (Å²) in [7, 11) is 0. The van der Waals surface area contributed by atoms with Gasteiger partial charge < -0.3 is 5.32 Å². The highest BCUT2D eigenvalue weighted by molar-refractivity contribution is 7.11. The molecule has 1 heterocycles. The molecule has 2 heteroatoms. The highest BCUT2D eigenvalue weighted by Gasteiger charge is 2.46. The zero-order chi connectivity index (χ0) is 13.3. The minimum Gasteiger partial charge on any atom is -0.311 e. The molecule has 2 atom stereocenters. The van der Waals surface area contributed by atoms with Crippen molar-refractivity contribution < 1.29 is 0 Å². The molecule has 2 fully saturated rings. The molecular formula is C17H27NS. The highest BCUT2D eigenvalue weighted by atomic mass is 32.1. The van der Waals surface area contributed by atoms with Gasteiger partial charge in [0.15, 0.2) is 0 Å². The van der Waals surface area contributed by atoms with Crippen LogP contribution < -0.4 is 5.32 Å². The quantitative estimate of drug-likeness (QED) is 0.842. The van der Waals surface area contributed by atoms with E-state index >= 15 is 0 Å². The van der Waals surface area contributed by atoms with E-state index in [1.54, 1.807) is 0 Å². The third kappa shape index (κ3) is 2.90. The summed E-state index contributed by atoms with van der Waals surface area (Å²) >= 11 is 1.96. The van der Waals surface area contributed by atoms with Crippen molar-refractivity contribution in [3.8, 4) is 0 Å². The normalized spacial score (nSPS) is 27.2. The van der Waals surface area contributed by atoms with Crippen molar-refractivity contribution in [1.82, 2.24) is 5.32 Å². The van der Waals surface area contributed by atoms with E-state index in [0.717, 1.165) is 6.04 Å². The van der Waals surface area contributed by atoms with Crippen LogP contribution in [0.4, 0.5) is 0 Å². The second-order valence-electron chi connectivity index (χ2n) is 6.80. The smallest absolute Gasteiger partial charge is 0.0126 e. The average molecular weight is 277 g/mol. The maximum atomic E-state index is 3.94. The Balaban J connectivity index is 1.53. The van der Waals surface area contributed by atoms with Crippen LogP contribution in [0.1, 0.15) is 61.6 Å². The fourth-order valence-electron chi connectivity index (χ4n) is 4.11. The summed E-state index contributed by atoms with van der Waals surface area (Å²) in [6.45, 7) is 4.57. The van der Waals surface area contributed by atoms with E-state index in [2.05, 4.69) is 31.3 Å². The molecule has 0 saturated heterocycles. The molecule has 106 valence electrons. The summed E-state index contributed by atoms with van der Waals surface area (Å²) in [5.74, 6) is 0. The first-order valence-electron chi connectivity index (χ1n) is 7.99. The van der Waals surface area contributed by atoms with E-state index in [-0.39, 0.29) is 0 Å². The summed E-state index contributed by atoms with van der Waals surface area (Å²) in [6, 6.07) is 5.99. The van der Waals surface area contributed by atoms with Gasteiger partial charge in [-0.15, -0.1) is 11.3 Å². The van der Waals surface area contributed by atoms with Crippen molar-refractivity contribution in [1.29, 1.82) is 0 Å². The summed E-state index contributed by atoms with van der Waals surface area (Å²) in [5, 5.41) is 3.94. The van der Waals surface area contributed by atoms with Crippen molar-refractivity contribution in [3.05, 3.63) is 21.9 Å². The van der Waals surface area contributed by atoms with Crippen LogP contribution >= 0.6 is 11.3 Å². The molecule has 0 bridgehead atoms. The van der Waals surface area contributed by atoms with Gasteiger partial charge in [0, 0.05) is 21.8 Å². The molecule has 2 aliphatic rings. The summed E-state index contributed by atoms with van der Waals surface area (Å²) < 4.78 is 0. The third-order valence-electron chi connectivity index (χ3n) is 5.31. The second-order valence-corrected chi connectivity index (χ2v) is 8.17. The lowest BCUT2D eigenvalue weighted by Gasteiger charge is -2.53. The van der Waals surface area contributed by atoms with Crippen LogP contribution in [-0.4, -0.2) is 12.1 Å². The molecule has 1 spiro atoms. The molecule has 0 radical (unpaired) electrons. The van der Waals surface area contributed by atoms with Crippen molar-refractivity contribution in [3.63, 3.8) is 0 Å². The monoisotopic (exact) mass is 277 g/mol. The number of aryl methyl sites for hydroxylation is 1. The van der Waals surface area contributed by atoms with E-state index in [0.29, 0.717) is 11.5 Å². The van der Waals surface area contributed by atoms with Crippen LogP contribution in [0.3, 0.4) is 0 Å². The van der Waals surface area contributed by atoms with Crippen molar-refractivity contribution >= 4 is 11.3 Å². The van der Waals surface area contributed by atoms with E-state index in [1.165, 1.54) is 61.1 Å². The fourth-order valence-corrected chi connectivity index (χ4v) is 5.13. The van der Waals surface area contributed by atoms with Gasteiger partial charge in [0.2, 0.25) is 0 Å². The van der Waals surface area contributed by atoms with Crippen LogP contribution in [0.25, 0.3) is 0 Å². The summed E-state index contributed by atoms with van der Waals surface area (Å²) in [4.78, 5) is 2.98. The van der Waals surface area contributed by atoms with Gasteiger partial charge >= 0.3 is 0 Å². The maximum Gasteiger partial charge on any atom is 0.0126 e. The van der Waals surface area contributed by atoms with Crippen molar-refractivity contribution in [2.45, 2.75) is 77.3 Å². The average Bonchev–Trinajstić information content (AvgIpc) is 2.81. The van der Waals surface area contributed by atoms with Gasteiger partial charge in [-0.3, -0.25) is 0 Å². The second kappa shape index (κ2) is 5.57. The molecule has 2 aliphatic carbocycles. The van der Waals surface area contributed by atoms with Gasteiger partial charge in [0.1, 0.15) is 0 Å². The van der Waals surface area contributed by atoms with E-state index in [1.807, 2.05) is 11.3 Å². The first kappa shape index (κ1) is 13.6. The lowest BCUT2D eigenvalue weighted by molar-refractivity contribution is 0.0177. The lowest BCUT2D eigenvalue weighted by atomic mass is 9.57. The predicted octanol–water partition coefficient (Wildman–Crippen LogP) is 4.69. The summed E-state index contributed by atoms with van der Waals surface area (Å²) in [5.41, 5.74) is 0.692. The lowest BCUT2D eigenvalue weighted by Crippen LogP contribution is -2.56. The Morgan fingerprint density at radius 3 is 2.63 bits per heavy atom. The molecule has 19 heavy (non-hydrogen) atoms. The molecular weight excluding hydrogens is 250 g/mol. The molecule has 1 aromatic rings. The van der Waals surface area contributed by atoms with E-state index in [4.69, 9.17) is 0 Å². The van der Waals surface area contributed by atoms with Gasteiger partial charge in [0.05, 0.1) is 0 Å². The van der Waals surface area contributed by atoms with Gasteiger partial charge in [-0.2, -0.15) is 0 Å². The van der Waals surface area contributed by atoms with Crippen LogP contribution in [0.15, 0.2) is 12.1 Å². The Morgan fingerprint density at radius 2 is 2.05 bits per heavy atom. The SMILES string of the molecule is Cc1ccc(CC(C)NC2CCC23CCCCC3)s1. The van der Waals surface area contributed by atoms with Gasteiger partial charge in [0.25, 0.3) is 0 Å². The minimum absolute atomic E-state index is 0.627. The fraction of sp³-hybridized carbons (Fsp3) is 0.765. The standard InChI is InChI=1S/C17H27NS/c1-13(12-15-7-6-14(2)19-15)18-16-8-11-17(16)9-4-3-5-10-17/h6-7,13,16,18H,3-5,8-12H2,1-2H3. The zero-order valence-electron chi connectivity index (χ0n) is 12.4. The Bertz CT molecular complexity index is 417. The number of hydrogen-bond acceptors (Lipinski definition) is 2. The van der Waals surface area contributed by atoms with Crippen molar-refractivity contribution in [2.24, 2.45) is 5.41 Å². The Hall–Kier alpha value is -0.340. The summed E-state index contributed by atoms with van der Waals surface area (Å²) in [6.07, 6.45) is 11.5. The molecule has 1 nitrogen and oxygen atoms in total. The highest BCUT2D eigenvalue weighted by Crippen LogP contribution is 2.51. The minimum atomic E-state index is 0.627. The van der Waals surface area contributed by atoms with Crippen LogP contribution in [0.2, 0.25) is 0 Å². The first-order chi connectivity index (χ1) is 9.18. The Kier molecular flexibility index (Phi) is 4.00. The number of hydrogen-bond donors (Lipinski definition) is 1. The maximum absolute atomic E-state index is 3.94. The van der Waals surface area contributed by atoms with Gasteiger partial charge in [-0.05, 0) is 63.5 Å². The number of thiophene rings is 1. The van der Waals surface area contributed by atoms with E-state index < -0.39 is 0 Å². The van der Waals surface area contributed by atoms with Crippen molar-refractivity contribution in [2.75, 3.05) is 0 Å². The molecule has 1 N–H and O–H groups in total. The Labute approximate surface area is 121 Å². The molecule has 2 saturated carbocycles. The van der Waals surface area contributed by atoms with Crippen LogP contribution in [-0.2, 0) is 6.42 Å². The molecule has 0 aromatic carbocycles. The number of rotatable bonds is 4. The third-order valence-corrected chi connectivity index (χ3v) is 6.33. The first-order valence-corrected chi connectivity index (χ1v) is 8.81. The zero-order valence-corrected chi connectivity index (χ0v) is 13.2. The predicted molar refractivity (Wildman–Crippen MR) is 83.9 cm³/mol.